The molecule has 156 valence electrons. The van der Waals surface area contributed by atoms with E-state index in [9.17, 15) is 4.39 Å². The Kier molecular flexibility index (Phi) is 5.86. The lowest BCUT2D eigenvalue weighted by Crippen LogP contribution is -2.30. The van der Waals surface area contributed by atoms with Crippen LogP contribution >= 0.6 is 12.2 Å². The lowest BCUT2D eigenvalue weighted by molar-refractivity contribution is 0.312. The predicted molar refractivity (Wildman–Crippen MR) is 122 cm³/mol. The number of thiocarbonyl (C=S) groups is 1. The van der Waals surface area contributed by atoms with Gasteiger partial charge in [-0.05, 0) is 80.5 Å². The molecule has 4 rings (SSSR count). The summed E-state index contributed by atoms with van der Waals surface area (Å²) in [5, 5.41) is 4.29. The first-order valence-electron chi connectivity index (χ1n) is 10.4. The van der Waals surface area contributed by atoms with Gasteiger partial charge in [-0.15, -0.1) is 0 Å². The van der Waals surface area contributed by atoms with Gasteiger partial charge >= 0.3 is 0 Å². The average molecular weight is 423 g/mol. The summed E-state index contributed by atoms with van der Waals surface area (Å²) in [6, 6.07) is 14.9. The first kappa shape index (κ1) is 20.5. The van der Waals surface area contributed by atoms with Gasteiger partial charge in [-0.1, -0.05) is 19.4 Å². The van der Waals surface area contributed by atoms with Crippen LogP contribution in [0.3, 0.4) is 0 Å². The van der Waals surface area contributed by atoms with Crippen molar-refractivity contribution in [1.29, 1.82) is 0 Å². The minimum absolute atomic E-state index is 0.0160. The normalized spacial score (nSPS) is 18.7. The van der Waals surface area contributed by atoms with Gasteiger partial charge in [0.05, 0.1) is 17.8 Å². The van der Waals surface area contributed by atoms with E-state index in [1.165, 1.54) is 17.7 Å². The molecule has 2 atom stereocenters. The Morgan fingerprint density at radius 2 is 1.90 bits per heavy atom. The maximum atomic E-state index is 13.5. The molecule has 3 aromatic rings. The molecule has 0 spiro atoms. The van der Waals surface area contributed by atoms with E-state index >= 15 is 0 Å². The number of nitrogens with one attached hydrogen (secondary N) is 1. The van der Waals surface area contributed by atoms with E-state index in [1.54, 1.807) is 0 Å². The second-order valence-corrected chi connectivity index (χ2v) is 8.20. The highest BCUT2D eigenvalue weighted by atomic mass is 32.1. The molecule has 0 unspecified atom stereocenters. The van der Waals surface area contributed by atoms with Crippen LogP contribution in [0.4, 0.5) is 4.39 Å². The van der Waals surface area contributed by atoms with Gasteiger partial charge in [0.25, 0.3) is 0 Å². The quantitative estimate of drug-likeness (QED) is 0.539. The van der Waals surface area contributed by atoms with Crippen LogP contribution in [0.1, 0.15) is 54.5 Å². The topological polar surface area (TPSA) is 33.1 Å². The zero-order valence-electron chi connectivity index (χ0n) is 17.6. The van der Waals surface area contributed by atoms with Crippen LogP contribution in [0.15, 0.2) is 54.7 Å². The monoisotopic (exact) mass is 422 g/mol. The number of aryl methyl sites for hydroxylation is 1. The van der Waals surface area contributed by atoms with Crippen LogP contribution in [0, 0.1) is 19.7 Å². The fourth-order valence-corrected chi connectivity index (χ4v) is 4.72. The molecule has 0 radical (unpaired) electrons. The fraction of sp³-hybridized carbons (Fsp3) is 0.333. The summed E-state index contributed by atoms with van der Waals surface area (Å²) in [5.41, 5.74) is 5.41. The number of unbranched alkanes of at least 4 members (excludes halogenated alkanes) is 1. The van der Waals surface area contributed by atoms with Gasteiger partial charge < -0.3 is 14.8 Å². The smallest absolute Gasteiger partial charge is 0.170 e. The first-order valence-corrected chi connectivity index (χ1v) is 10.8. The maximum absolute atomic E-state index is 13.5. The van der Waals surface area contributed by atoms with Crippen molar-refractivity contribution in [2.75, 3.05) is 6.54 Å². The largest absolute Gasteiger partial charge is 0.352 e. The molecule has 30 heavy (non-hydrogen) atoms. The SMILES string of the molecule is CCCCN1C(=S)N[C@@H](c2ccccn2)[C@H]1c1cc(C)n(-c2ccc(F)cc2)c1C. The van der Waals surface area contributed by atoms with Crippen molar-refractivity contribution in [2.24, 2.45) is 0 Å². The molecule has 0 saturated carbocycles. The lowest BCUT2D eigenvalue weighted by Gasteiger charge is -2.28. The Hall–Kier alpha value is -2.73. The van der Waals surface area contributed by atoms with E-state index in [4.69, 9.17) is 12.2 Å². The Labute approximate surface area is 182 Å². The van der Waals surface area contributed by atoms with Gasteiger partial charge in [0.2, 0.25) is 0 Å². The van der Waals surface area contributed by atoms with Crippen molar-refractivity contribution >= 4 is 17.3 Å². The number of rotatable bonds is 6. The van der Waals surface area contributed by atoms with E-state index in [1.807, 2.05) is 30.5 Å². The number of hydrogen-bond donors (Lipinski definition) is 1. The summed E-state index contributed by atoms with van der Waals surface area (Å²) in [7, 11) is 0. The van der Waals surface area contributed by atoms with Crippen molar-refractivity contribution in [3.63, 3.8) is 0 Å². The third-order valence-electron chi connectivity index (χ3n) is 5.82. The van der Waals surface area contributed by atoms with Crippen molar-refractivity contribution in [3.8, 4) is 5.69 Å². The Balaban J connectivity index is 1.81. The number of halogens is 1. The molecule has 1 N–H and O–H groups in total. The molecular formula is C24H27FN4S. The molecule has 2 aromatic heterocycles. The molecule has 1 aliphatic rings. The number of nitrogens with zero attached hydrogens (tertiary/aromatic N) is 3. The zero-order chi connectivity index (χ0) is 21.3. The van der Waals surface area contributed by atoms with Gasteiger partial charge in [-0.25, -0.2) is 4.39 Å². The highest BCUT2D eigenvalue weighted by Crippen LogP contribution is 2.41. The minimum atomic E-state index is -0.229. The van der Waals surface area contributed by atoms with Gasteiger partial charge in [-0.2, -0.15) is 0 Å². The van der Waals surface area contributed by atoms with E-state index < -0.39 is 0 Å². The molecule has 1 aliphatic heterocycles. The number of hydrogen-bond acceptors (Lipinski definition) is 2. The third kappa shape index (κ3) is 3.72. The molecule has 4 nitrogen and oxygen atoms in total. The summed E-state index contributed by atoms with van der Waals surface area (Å²) in [5.74, 6) is -0.229. The van der Waals surface area contributed by atoms with Crippen molar-refractivity contribution in [1.82, 2.24) is 19.8 Å². The summed E-state index contributed by atoms with van der Waals surface area (Å²) < 4.78 is 15.6. The second kappa shape index (κ2) is 8.56. The van der Waals surface area contributed by atoms with Gasteiger partial charge in [0, 0.05) is 29.8 Å². The summed E-state index contributed by atoms with van der Waals surface area (Å²) in [6.45, 7) is 7.31. The zero-order valence-corrected chi connectivity index (χ0v) is 18.4. The number of pyridine rings is 1. The summed E-state index contributed by atoms with van der Waals surface area (Å²) in [4.78, 5) is 6.92. The Morgan fingerprint density at radius 3 is 2.57 bits per heavy atom. The lowest BCUT2D eigenvalue weighted by atomic mass is 9.96. The van der Waals surface area contributed by atoms with Crippen molar-refractivity contribution < 1.29 is 4.39 Å². The minimum Gasteiger partial charge on any atom is -0.352 e. The third-order valence-corrected chi connectivity index (χ3v) is 6.18. The molecule has 0 amide bonds. The molecule has 6 heteroatoms. The van der Waals surface area contributed by atoms with E-state index in [0.717, 1.165) is 47.3 Å². The van der Waals surface area contributed by atoms with Gasteiger partial charge in [0.1, 0.15) is 5.82 Å². The molecule has 1 fully saturated rings. The fourth-order valence-electron chi connectivity index (χ4n) is 4.39. The van der Waals surface area contributed by atoms with Gasteiger partial charge in [-0.3, -0.25) is 4.98 Å². The van der Waals surface area contributed by atoms with Crippen molar-refractivity contribution in [3.05, 3.63) is 83.2 Å². The van der Waals surface area contributed by atoms with E-state index in [2.05, 4.69) is 52.7 Å². The highest BCUT2D eigenvalue weighted by Gasteiger charge is 2.41. The molecule has 0 aliphatic carbocycles. The molecule has 1 aromatic carbocycles. The molecule has 1 saturated heterocycles. The number of benzene rings is 1. The van der Waals surface area contributed by atoms with Crippen molar-refractivity contribution in [2.45, 2.75) is 45.7 Å². The molecule has 3 heterocycles. The van der Waals surface area contributed by atoms with E-state index in [0.29, 0.717) is 0 Å². The van der Waals surface area contributed by atoms with Crippen LogP contribution in [0.2, 0.25) is 0 Å². The number of aromatic nitrogens is 2. The second-order valence-electron chi connectivity index (χ2n) is 7.81. The average Bonchev–Trinajstić information content (AvgIpc) is 3.23. The molecular weight excluding hydrogens is 395 g/mol. The van der Waals surface area contributed by atoms with Crippen LogP contribution in [-0.2, 0) is 0 Å². The first-order chi connectivity index (χ1) is 14.5. The van der Waals surface area contributed by atoms with Crippen LogP contribution in [0.25, 0.3) is 5.69 Å². The van der Waals surface area contributed by atoms with E-state index in [-0.39, 0.29) is 17.9 Å². The standard InChI is InChI=1S/C24H27FN4S/c1-4-5-14-28-23(22(27-24(28)30)21-8-6-7-13-26-21)20-15-16(2)29(17(20)3)19-11-9-18(25)10-12-19/h6-13,15,22-23H,4-5,14H2,1-3H3,(H,27,30)/t22-,23+/m0/s1. The Bertz CT molecular complexity index is 1030. The van der Waals surface area contributed by atoms with Crippen LogP contribution in [0.5, 0.6) is 0 Å². The van der Waals surface area contributed by atoms with Crippen LogP contribution in [-0.4, -0.2) is 26.1 Å². The maximum Gasteiger partial charge on any atom is 0.170 e. The summed E-state index contributed by atoms with van der Waals surface area (Å²) >= 11 is 5.74. The predicted octanol–water partition coefficient (Wildman–Crippen LogP) is 5.40. The Morgan fingerprint density at radius 1 is 1.13 bits per heavy atom. The van der Waals surface area contributed by atoms with Crippen LogP contribution < -0.4 is 5.32 Å². The van der Waals surface area contributed by atoms with Gasteiger partial charge in [0.15, 0.2) is 5.11 Å². The summed E-state index contributed by atoms with van der Waals surface area (Å²) in [6.07, 6.45) is 4.01. The molecule has 0 bridgehead atoms. The highest BCUT2D eigenvalue weighted by molar-refractivity contribution is 7.80.